The van der Waals surface area contributed by atoms with Gasteiger partial charge in [-0.15, -0.1) is 0 Å². The molecule has 0 aliphatic carbocycles. The summed E-state index contributed by atoms with van der Waals surface area (Å²) in [5.41, 5.74) is 0.419. The summed E-state index contributed by atoms with van der Waals surface area (Å²) < 4.78 is 19.4. The fraction of sp³-hybridized carbons (Fsp3) is 0.444. The van der Waals surface area contributed by atoms with Crippen molar-refractivity contribution < 1.29 is 13.9 Å². The van der Waals surface area contributed by atoms with Crippen molar-refractivity contribution in [3.63, 3.8) is 0 Å². The Hall–Kier alpha value is -2.79. The van der Waals surface area contributed by atoms with Crippen LogP contribution < -0.4 is 0 Å². The summed E-state index contributed by atoms with van der Waals surface area (Å²) in [5, 5.41) is 19.6. The minimum absolute atomic E-state index is 0.0827. The number of methoxy groups -OCH3 is 1. The molecule has 1 aromatic carbocycles. The molecule has 1 aliphatic heterocycles. The average Bonchev–Trinajstić information content (AvgIpc) is 3.29. The van der Waals surface area contributed by atoms with Gasteiger partial charge >= 0.3 is 0 Å². The molecule has 1 amide bonds. The smallest absolute Gasteiger partial charge is 0.232 e. The standard InChI is InChI=1S/C18H20FN5O2/c1-18(2,12-4-11(7-20)5-13(19)6-12)17(25)24-9-14(16(10-24)26-3)15-8-21-23-22-15/h4-6,8,14,16H,9-10H2,1-3H3,(H,21,22,23)/t14-,16+/m0/s1. The molecule has 2 atom stereocenters. The Morgan fingerprint density at radius 3 is 2.81 bits per heavy atom. The maximum Gasteiger partial charge on any atom is 0.232 e. The number of nitrogens with zero attached hydrogens (tertiary/aromatic N) is 4. The number of aromatic amines is 1. The zero-order chi connectivity index (χ0) is 18.9. The van der Waals surface area contributed by atoms with E-state index in [1.165, 1.54) is 6.07 Å². The van der Waals surface area contributed by atoms with Crippen LogP contribution in [0.4, 0.5) is 4.39 Å². The number of halogens is 1. The zero-order valence-corrected chi connectivity index (χ0v) is 14.9. The van der Waals surface area contributed by atoms with Crippen molar-refractivity contribution in [3.05, 3.63) is 47.0 Å². The largest absolute Gasteiger partial charge is 0.379 e. The molecule has 0 radical (unpaired) electrons. The number of hydrogen-bond donors (Lipinski definition) is 1. The van der Waals surface area contributed by atoms with Gasteiger partial charge in [-0.25, -0.2) is 4.39 Å². The summed E-state index contributed by atoms with van der Waals surface area (Å²) in [7, 11) is 1.60. The molecule has 1 aromatic heterocycles. The van der Waals surface area contributed by atoms with E-state index in [-0.39, 0.29) is 23.5 Å². The average molecular weight is 357 g/mol. The molecule has 1 saturated heterocycles. The lowest BCUT2D eigenvalue weighted by molar-refractivity contribution is -0.135. The highest BCUT2D eigenvalue weighted by Gasteiger charge is 2.43. The number of benzene rings is 1. The van der Waals surface area contributed by atoms with Gasteiger partial charge in [-0.1, -0.05) is 0 Å². The SMILES string of the molecule is CO[C@@H]1CN(C(=O)C(C)(C)c2cc(F)cc(C#N)c2)C[C@H]1c1cn[nH]n1. The van der Waals surface area contributed by atoms with Gasteiger partial charge < -0.3 is 9.64 Å². The number of hydrogen-bond acceptors (Lipinski definition) is 5. The number of amides is 1. The minimum Gasteiger partial charge on any atom is -0.379 e. The van der Waals surface area contributed by atoms with E-state index in [4.69, 9.17) is 10.00 Å². The van der Waals surface area contributed by atoms with Crippen LogP contribution in [0, 0.1) is 17.1 Å². The van der Waals surface area contributed by atoms with Crippen LogP contribution in [0.2, 0.25) is 0 Å². The second-order valence-corrected chi connectivity index (χ2v) is 6.95. The summed E-state index contributed by atoms with van der Waals surface area (Å²) in [5.74, 6) is -0.766. The van der Waals surface area contributed by atoms with Crippen molar-refractivity contribution in [1.82, 2.24) is 20.3 Å². The van der Waals surface area contributed by atoms with Crippen molar-refractivity contribution in [2.24, 2.45) is 0 Å². The van der Waals surface area contributed by atoms with Gasteiger partial charge in [0.2, 0.25) is 5.91 Å². The quantitative estimate of drug-likeness (QED) is 0.899. The highest BCUT2D eigenvalue weighted by Crippen LogP contribution is 2.33. The molecule has 0 bridgehead atoms. The number of ether oxygens (including phenoxy) is 1. The van der Waals surface area contributed by atoms with Crippen LogP contribution in [-0.4, -0.2) is 52.5 Å². The number of rotatable bonds is 4. The lowest BCUT2D eigenvalue weighted by atomic mass is 9.82. The summed E-state index contributed by atoms with van der Waals surface area (Å²) in [6.07, 6.45) is 1.43. The molecular formula is C18H20FN5O2. The maximum atomic E-state index is 13.8. The van der Waals surface area contributed by atoms with Gasteiger partial charge in [-0.05, 0) is 37.6 Å². The van der Waals surface area contributed by atoms with Gasteiger partial charge in [0.15, 0.2) is 0 Å². The molecule has 1 aliphatic rings. The molecule has 8 heteroatoms. The molecule has 2 heterocycles. The highest BCUT2D eigenvalue weighted by atomic mass is 19.1. The van der Waals surface area contributed by atoms with Crippen LogP contribution in [0.15, 0.2) is 24.4 Å². The molecule has 0 spiro atoms. The van der Waals surface area contributed by atoms with Gasteiger partial charge in [0, 0.05) is 20.2 Å². The Labute approximate surface area is 150 Å². The summed E-state index contributed by atoms with van der Waals surface area (Å²) >= 11 is 0. The molecular weight excluding hydrogens is 337 g/mol. The predicted octanol–water partition coefficient (Wildman–Crippen LogP) is 1.73. The van der Waals surface area contributed by atoms with Crippen molar-refractivity contribution >= 4 is 5.91 Å². The first-order valence-electron chi connectivity index (χ1n) is 8.25. The Morgan fingerprint density at radius 2 is 2.19 bits per heavy atom. The maximum absolute atomic E-state index is 13.8. The lowest BCUT2D eigenvalue weighted by Gasteiger charge is -2.30. The summed E-state index contributed by atoms with van der Waals surface area (Å²) in [4.78, 5) is 14.9. The third kappa shape index (κ3) is 3.18. The predicted molar refractivity (Wildman–Crippen MR) is 90.6 cm³/mol. The molecule has 0 unspecified atom stereocenters. The third-order valence-corrected chi connectivity index (χ3v) is 4.95. The van der Waals surface area contributed by atoms with Crippen molar-refractivity contribution in [2.75, 3.05) is 20.2 Å². The number of carbonyl (C=O) groups is 1. The molecule has 26 heavy (non-hydrogen) atoms. The van der Waals surface area contributed by atoms with Crippen molar-refractivity contribution in [3.8, 4) is 6.07 Å². The second-order valence-electron chi connectivity index (χ2n) is 6.95. The van der Waals surface area contributed by atoms with E-state index in [0.717, 1.165) is 11.8 Å². The Bertz CT molecular complexity index is 844. The molecule has 1 N–H and O–H groups in total. The lowest BCUT2D eigenvalue weighted by Crippen LogP contribution is -2.43. The van der Waals surface area contributed by atoms with Gasteiger partial charge in [0.25, 0.3) is 0 Å². The van der Waals surface area contributed by atoms with Gasteiger partial charge in [-0.3, -0.25) is 4.79 Å². The van der Waals surface area contributed by atoms with Crippen LogP contribution in [0.1, 0.15) is 36.6 Å². The second kappa shape index (κ2) is 6.84. The van der Waals surface area contributed by atoms with Gasteiger partial charge in [0.1, 0.15) is 5.82 Å². The molecule has 7 nitrogen and oxygen atoms in total. The van der Waals surface area contributed by atoms with E-state index in [0.29, 0.717) is 18.7 Å². The van der Waals surface area contributed by atoms with Crippen LogP contribution in [0.3, 0.4) is 0 Å². The van der Waals surface area contributed by atoms with Gasteiger partial charge in [-0.2, -0.15) is 20.7 Å². The fourth-order valence-corrected chi connectivity index (χ4v) is 3.39. The Morgan fingerprint density at radius 1 is 1.42 bits per heavy atom. The van der Waals surface area contributed by atoms with E-state index >= 15 is 0 Å². The van der Waals surface area contributed by atoms with E-state index in [1.54, 1.807) is 38.1 Å². The van der Waals surface area contributed by atoms with Crippen LogP contribution in [-0.2, 0) is 14.9 Å². The van der Waals surface area contributed by atoms with Gasteiger partial charge in [0.05, 0.1) is 41.0 Å². The third-order valence-electron chi connectivity index (χ3n) is 4.95. The molecule has 1 fully saturated rings. The highest BCUT2D eigenvalue weighted by molar-refractivity contribution is 5.88. The molecule has 2 aromatic rings. The molecule has 0 saturated carbocycles. The molecule has 3 rings (SSSR count). The van der Waals surface area contributed by atoms with Crippen molar-refractivity contribution in [1.29, 1.82) is 5.26 Å². The number of aromatic nitrogens is 3. The summed E-state index contributed by atoms with van der Waals surface area (Å²) in [6.45, 7) is 4.32. The van der Waals surface area contributed by atoms with E-state index in [2.05, 4.69) is 15.4 Å². The first-order valence-corrected chi connectivity index (χ1v) is 8.25. The topological polar surface area (TPSA) is 94.9 Å². The Kier molecular flexibility index (Phi) is 4.74. The molecule has 136 valence electrons. The minimum atomic E-state index is -0.981. The van der Waals surface area contributed by atoms with Crippen LogP contribution >= 0.6 is 0 Å². The number of H-pyrrole nitrogens is 1. The zero-order valence-electron chi connectivity index (χ0n) is 14.9. The van der Waals surface area contributed by atoms with E-state index in [1.807, 2.05) is 6.07 Å². The normalized spacial score (nSPS) is 20.2. The van der Waals surface area contributed by atoms with Crippen molar-refractivity contribution in [2.45, 2.75) is 31.3 Å². The number of carbonyl (C=O) groups excluding carboxylic acids is 1. The fourth-order valence-electron chi connectivity index (χ4n) is 3.39. The first kappa shape index (κ1) is 18.0. The first-order chi connectivity index (χ1) is 12.4. The number of likely N-dealkylation sites (tertiary alicyclic amines) is 1. The summed E-state index contributed by atoms with van der Waals surface area (Å²) in [6, 6.07) is 5.94. The van der Waals surface area contributed by atoms with Crippen LogP contribution in [0.5, 0.6) is 0 Å². The van der Waals surface area contributed by atoms with E-state index < -0.39 is 11.2 Å². The monoisotopic (exact) mass is 357 g/mol. The van der Waals surface area contributed by atoms with E-state index in [9.17, 15) is 9.18 Å². The van der Waals surface area contributed by atoms with Crippen LogP contribution in [0.25, 0.3) is 0 Å². The Balaban J connectivity index is 1.86. The number of nitriles is 1. The number of nitrogens with one attached hydrogen (secondary N) is 1.